The summed E-state index contributed by atoms with van der Waals surface area (Å²) in [5.74, 6) is -0.778. The molecule has 5 nitrogen and oxygen atoms in total. The molecule has 104 valence electrons. The van der Waals surface area contributed by atoms with Gasteiger partial charge in [0.2, 0.25) is 5.91 Å². The first-order chi connectivity index (χ1) is 8.82. The monoisotopic (exact) mass is 264 g/mol. The molecule has 1 aromatic carbocycles. The fourth-order valence-electron chi connectivity index (χ4n) is 1.59. The zero-order valence-electron chi connectivity index (χ0n) is 11.7. The summed E-state index contributed by atoms with van der Waals surface area (Å²) in [5, 5.41) is 15.1. The van der Waals surface area contributed by atoms with Gasteiger partial charge in [-0.05, 0) is 39.3 Å². The molecule has 0 spiro atoms. The van der Waals surface area contributed by atoms with E-state index in [4.69, 9.17) is 0 Å². The van der Waals surface area contributed by atoms with E-state index in [0.717, 1.165) is 0 Å². The molecule has 1 rings (SSSR count). The van der Waals surface area contributed by atoms with Crippen molar-refractivity contribution in [3.63, 3.8) is 0 Å². The van der Waals surface area contributed by atoms with Crippen LogP contribution in [0, 0.1) is 6.92 Å². The number of benzene rings is 1. The number of rotatable bonds is 4. The summed E-state index contributed by atoms with van der Waals surface area (Å²) >= 11 is 0. The van der Waals surface area contributed by atoms with Crippen molar-refractivity contribution in [2.45, 2.75) is 39.8 Å². The van der Waals surface area contributed by atoms with Crippen molar-refractivity contribution in [1.82, 2.24) is 10.6 Å². The molecule has 3 N–H and O–H groups in total. The van der Waals surface area contributed by atoms with Crippen LogP contribution in [0.15, 0.2) is 18.2 Å². The van der Waals surface area contributed by atoms with Crippen molar-refractivity contribution >= 4 is 11.8 Å². The predicted molar refractivity (Wildman–Crippen MR) is 73.1 cm³/mol. The quantitative estimate of drug-likeness (QED) is 0.768. The van der Waals surface area contributed by atoms with Crippen LogP contribution in [0.25, 0.3) is 0 Å². The van der Waals surface area contributed by atoms with E-state index < -0.39 is 11.9 Å². The zero-order chi connectivity index (χ0) is 14.6. The van der Waals surface area contributed by atoms with E-state index in [1.54, 1.807) is 26.0 Å². The van der Waals surface area contributed by atoms with Gasteiger partial charge in [-0.1, -0.05) is 12.1 Å². The van der Waals surface area contributed by atoms with Crippen molar-refractivity contribution in [2.24, 2.45) is 0 Å². The van der Waals surface area contributed by atoms with Gasteiger partial charge in [-0.25, -0.2) is 0 Å². The maximum Gasteiger partial charge on any atom is 0.255 e. The summed E-state index contributed by atoms with van der Waals surface area (Å²) < 4.78 is 0. The number of aryl methyl sites for hydroxylation is 1. The molecule has 0 saturated carbocycles. The van der Waals surface area contributed by atoms with Crippen molar-refractivity contribution < 1.29 is 14.7 Å². The van der Waals surface area contributed by atoms with Crippen LogP contribution >= 0.6 is 0 Å². The summed E-state index contributed by atoms with van der Waals surface area (Å²) in [6, 6.07) is 4.27. The summed E-state index contributed by atoms with van der Waals surface area (Å²) in [5.41, 5.74) is 0.788. The van der Waals surface area contributed by atoms with E-state index in [1.807, 2.05) is 13.8 Å². The molecule has 0 radical (unpaired) electrons. The number of hydrogen-bond donors (Lipinski definition) is 3. The normalized spacial score (nSPS) is 12.1. The Hall–Kier alpha value is -2.04. The van der Waals surface area contributed by atoms with E-state index in [2.05, 4.69) is 10.6 Å². The van der Waals surface area contributed by atoms with Gasteiger partial charge in [0.1, 0.15) is 11.8 Å². The maximum absolute atomic E-state index is 12.0. The van der Waals surface area contributed by atoms with E-state index in [0.29, 0.717) is 5.56 Å². The molecule has 0 aliphatic carbocycles. The van der Waals surface area contributed by atoms with Gasteiger partial charge < -0.3 is 15.7 Å². The maximum atomic E-state index is 12.0. The van der Waals surface area contributed by atoms with Crippen LogP contribution in [0.1, 0.15) is 36.7 Å². The fourth-order valence-corrected chi connectivity index (χ4v) is 1.59. The first-order valence-electron chi connectivity index (χ1n) is 6.22. The van der Waals surface area contributed by atoms with Gasteiger partial charge in [0.05, 0.1) is 5.56 Å². The third kappa shape index (κ3) is 3.98. The molecule has 0 aliphatic rings. The van der Waals surface area contributed by atoms with Gasteiger partial charge >= 0.3 is 0 Å². The molecule has 0 aliphatic heterocycles. The second-order valence-electron chi connectivity index (χ2n) is 4.83. The number of carbonyl (C=O) groups excluding carboxylic acids is 2. The summed E-state index contributed by atoms with van der Waals surface area (Å²) in [6.45, 7) is 7.00. The first-order valence-corrected chi connectivity index (χ1v) is 6.22. The Morgan fingerprint density at radius 2 is 1.79 bits per heavy atom. The number of carbonyl (C=O) groups is 2. The molecular formula is C14H20N2O3. The second-order valence-corrected chi connectivity index (χ2v) is 4.83. The number of amides is 2. The minimum Gasteiger partial charge on any atom is -0.507 e. The summed E-state index contributed by atoms with van der Waals surface area (Å²) in [7, 11) is 0. The lowest BCUT2D eigenvalue weighted by Crippen LogP contribution is -2.46. The highest BCUT2D eigenvalue weighted by Gasteiger charge is 2.19. The summed E-state index contributed by atoms with van der Waals surface area (Å²) in [4.78, 5) is 23.7. The molecule has 0 heterocycles. The third-order valence-electron chi connectivity index (χ3n) is 2.65. The number of para-hydroxylation sites is 1. The van der Waals surface area contributed by atoms with Gasteiger partial charge in [-0.3, -0.25) is 9.59 Å². The smallest absolute Gasteiger partial charge is 0.255 e. The van der Waals surface area contributed by atoms with Crippen molar-refractivity contribution in [3.05, 3.63) is 29.3 Å². The van der Waals surface area contributed by atoms with Crippen LogP contribution in [0.3, 0.4) is 0 Å². The van der Waals surface area contributed by atoms with Gasteiger partial charge in [-0.15, -0.1) is 0 Å². The molecule has 1 aromatic rings. The molecule has 1 unspecified atom stereocenters. The molecule has 5 heteroatoms. The highest BCUT2D eigenvalue weighted by Crippen LogP contribution is 2.21. The number of phenolic OH excluding ortho intramolecular Hbond substituents is 1. The fraction of sp³-hybridized carbons (Fsp3) is 0.429. The average Bonchev–Trinajstić information content (AvgIpc) is 2.31. The van der Waals surface area contributed by atoms with Gasteiger partial charge in [0.15, 0.2) is 0 Å². The lowest BCUT2D eigenvalue weighted by atomic mass is 10.1. The van der Waals surface area contributed by atoms with Gasteiger partial charge in [0, 0.05) is 6.04 Å². The first kappa shape index (κ1) is 15.0. The van der Waals surface area contributed by atoms with Gasteiger partial charge in [-0.2, -0.15) is 0 Å². The van der Waals surface area contributed by atoms with Crippen LogP contribution in [-0.2, 0) is 4.79 Å². The molecular weight excluding hydrogens is 244 g/mol. The molecule has 0 saturated heterocycles. The Bertz CT molecular complexity index is 484. The van der Waals surface area contributed by atoms with Crippen LogP contribution in [0.4, 0.5) is 0 Å². The molecule has 0 fully saturated rings. The van der Waals surface area contributed by atoms with Gasteiger partial charge in [0.25, 0.3) is 5.91 Å². The third-order valence-corrected chi connectivity index (χ3v) is 2.65. The Morgan fingerprint density at radius 3 is 2.37 bits per heavy atom. The van der Waals surface area contributed by atoms with E-state index in [-0.39, 0.29) is 23.3 Å². The lowest BCUT2D eigenvalue weighted by molar-refractivity contribution is -0.123. The Labute approximate surface area is 113 Å². The van der Waals surface area contributed by atoms with Crippen molar-refractivity contribution in [3.8, 4) is 5.75 Å². The molecule has 0 bridgehead atoms. The minimum atomic E-state index is -0.658. The standard InChI is InChI=1S/C14H20N2O3/c1-8(2)15-13(18)10(4)16-14(19)11-7-5-6-9(3)12(11)17/h5-8,10,17H,1-4H3,(H,15,18)(H,16,19). The minimum absolute atomic E-state index is 0.0132. The Balaban J connectivity index is 2.74. The molecule has 19 heavy (non-hydrogen) atoms. The zero-order valence-corrected chi connectivity index (χ0v) is 11.7. The average molecular weight is 264 g/mol. The highest BCUT2D eigenvalue weighted by molar-refractivity contribution is 5.99. The van der Waals surface area contributed by atoms with E-state index in [1.165, 1.54) is 6.07 Å². The Morgan fingerprint density at radius 1 is 1.16 bits per heavy atom. The molecule has 1 atom stereocenters. The Kier molecular flexibility index (Phi) is 4.92. The second kappa shape index (κ2) is 6.22. The topological polar surface area (TPSA) is 78.4 Å². The summed E-state index contributed by atoms with van der Waals surface area (Å²) in [6.07, 6.45) is 0. The van der Waals surface area contributed by atoms with Crippen LogP contribution < -0.4 is 10.6 Å². The van der Waals surface area contributed by atoms with Crippen molar-refractivity contribution in [1.29, 1.82) is 0 Å². The predicted octanol–water partition coefficient (Wildman–Crippen LogP) is 1.34. The highest BCUT2D eigenvalue weighted by atomic mass is 16.3. The molecule has 0 aromatic heterocycles. The van der Waals surface area contributed by atoms with Crippen LogP contribution in [0.2, 0.25) is 0 Å². The van der Waals surface area contributed by atoms with E-state index >= 15 is 0 Å². The lowest BCUT2D eigenvalue weighted by Gasteiger charge is -2.16. The number of phenols is 1. The SMILES string of the molecule is Cc1cccc(C(=O)NC(C)C(=O)NC(C)C)c1O. The number of aromatic hydroxyl groups is 1. The molecule has 2 amide bonds. The number of nitrogens with one attached hydrogen (secondary N) is 2. The van der Waals surface area contributed by atoms with Crippen LogP contribution in [-0.4, -0.2) is 29.0 Å². The van der Waals surface area contributed by atoms with E-state index in [9.17, 15) is 14.7 Å². The largest absolute Gasteiger partial charge is 0.507 e. The number of hydrogen-bond acceptors (Lipinski definition) is 3. The van der Waals surface area contributed by atoms with Crippen molar-refractivity contribution in [2.75, 3.05) is 0 Å². The van der Waals surface area contributed by atoms with Crippen LogP contribution in [0.5, 0.6) is 5.75 Å².